The van der Waals surface area contributed by atoms with Crippen LogP contribution in [0.2, 0.25) is 0 Å². The third-order valence-corrected chi connectivity index (χ3v) is 4.92. The van der Waals surface area contributed by atoms with Crippen LogP contribution in [0.1, 0.15) is 48.9 Å². The standard InChI is InChI=1S/C18H22BrNO/c1-12-7-15-16(9-18(2,3)10-17(15)21)20(12)11-13-5-4-6-14(19)8-13/h4-8,17,21H,9-11H2,1-3H3. The van der Waals surface area contributed by atoms with Crippen molar-refractivity contribution in [3.63, 3.8) is 0 Å². The van der Waals surface area contributed by atoms with Crippen LogP contribution in [0.3, 0.4) is 0 Å². The fourth-order valence-electron chi connectivity index (χ4n) is 3.44. The first-order valence-corrected chi connectivity index (χ1v) is 8.26. The predicted molar refractivity (Wildman–Crippen MR) is 89.5 cm³/mol. The van der Waals surface area contributed by atoms with E-state index in [0.29, 0.717) is 0 Å². The number of aryl methyl sites for hydroxylation is 1. The van der Waals surface area contributed by atoms with Crippen molar-refractivity contribution in [3.8, 4) is 0 Å². The van der Waals surface area contributed by atoms with E-state index in [9.17, 15) is 5.11 Å². The Balaban J connectivity index is 2.00. The molecule has 0 radical (unpaired) electrons. The number of aliphatic hydroxyl groups is 1. The van der Waals surface area contributed by atoms with Gasteiger partial charge in [-0.3, -0.25) is 0 Å². The Morgan fingerprint density at radius 2 is 2.10 bits per heavy atom. The monoisotopic (exact) mass is 347 g/mol. The van der Waals surface area contributed by atoms with Gasteiger partial charge in [-0.25, -0.2) is 0 Å². The minimum absolute atomic E-state index is 0.159. The topological polar surface area (TPSA) is 25.2 Å². The number of benzene rings is 1. The first-order chi connectivity index (χ1) is 9.85. The highest BCUT2D eigenvalue weighted by Gasteiger charge is 2.33. The molecule has 21 heavy (non-hydrogen) atoms. The molecular weight excluding hydrogens is 326 g/mol. The van der Waals surface area contributed by atoms with Gasteiger partial charge in [0.15, 0.2) is 0 Å². The zero-order chi connectivity index (χ0) is 15.2. The van der Waals surface area contributed by atoms with Gasteiger partial charge in [0, 0.05) is 28.0 Å². The van der Waals surface area contributed by atoms with Gasteiger partial charge in [-0.05, 0) is 48.9 Å². The molecule has 1 unspecified atom stereocenters. The zero-order valence-corrected chi connectivity index (χ0v) is 14.4. The first kappa shape index (κ1) is 14.9. The van der Waals surface area contributed by atoms with Crippen LogP contribution in [0.4, 0.5) is 0 Å². The van der Waals surface area contributed by atoms with Gasteiger partial charge >= 0.3 is 0 Å². The van der Waals surface area contributed by atoms with Gasteiger partial charge in [0.2, 0.25) is 0 Å². The Morgan fingerprint density at radius 3 is 2.81 bits per heavy atom. The Bertz CT molecular complexity index is 672. The summed E-state index contributed by atoms with van der Waals surface area (Å²) < 4.78 is 3.47. The molecule has 3 heteroatoms. The van der Waals surface area contributed by atoms with Crippen LogP contribution in [0.25, 0.3) is 0 Å². The van der Waals surface area contributed by atoms with Crippen LogP contribution < -0.4 is 0 Å². The summed E-state index contributed by atoms with van der Waals surface area (Å²) in [5, 5.41) is 10.4. The van der Waals surface area contributed by atoms with Crippen molar-refractivity contribution >= 4 is 15.9 Å². The van der Waals surface area contributed by atoms with E-state index in [2.05, 4.69) is 65.5 Å². The maximum absolute atomic E-state index is 10.4. The molecule has 112 valence electrons. The van der Waals surface area contributed by atoms with E-state index in [4.69, 9.17) is 0 Å². The van der Waals surface area contributed by atoms with Crippen molar-refractivity contribution in [2.75, 3.05) is 0 Å². The molecule has 1 aromatic carbocycles. The van der Waals surface area contributed by atoms with Gasteiger partial charge in [-0.15, -0.1) is 0 Å². The third-order valence-electron chi connectivity index (χ3n) is 4.43. The SMILES string of the molecule is Cc1cc2c(n1Cc1cccc(Br)c1)CC(C)(C)CC2O. The molecule has 0 amide bonds. The summed E-state index contributed by atoms with van der Waals surface area (Å²) in [5.74, 6) is 0. The molecule has 2 nitrogen and oxygen atoms in total. The number of hydrogen-bond acceptors (Lipinski definition) is 1. The molecule has 1 heterocycles. The second kappa shape index (κ2) is 5.29. The lowest BCUT2D eigenvalue weighted by molar-refractivity contribution is 0.0981. The Labute approximate surface area is 134 Å². The van der Waals surface area contributed by atoms with Gasteiger partial charge in [0.05, 0.1) is 6.10 Å². The number of aliphatic hydroxyl groups excluding tert-OH is 1. The molecule has 0 saturated carbocycles. The lowest BCUT2D eigenvalue weighted by Crippen LogP contribution is -2.27. The van der Waals surface area contributed by atoms with Crippen molar-refractivity contribution in [2.24, 2.45) is 5.41 Å². The molecule has 0 bridgehead atoms. The van der Waals surface area contributed by atoms with E-state index in [-0.39, 0.29) is 11.5 Å². The highest BCUT2D eigenvalue weighted by molar-refractivity contribution is 9.10. The molecule has 1 N–H and O–H groups in total. The average molecular weight is 348 g/mol. The highest BCUT2D eigenvalue weighted by Crippen LogP contribution is 2.42. The van der Waals surface area contributed by atoms with Gasteiger partial charge in [0.1, 0.15) is 0 Å². The number of fused-ring (bicyclic) bond motifs is 1. The highest BCUT2D eigenvalue weighted by atomic mass is 79.9. The summed E-state index contributed by atoms with van der Waals surface area (Å²) >= 11 is 3.54. The second-order valence-electron chi connectivity index (χ2n) is 6.96. The summed E-state index contributed by atoms with van der Waals surface area (Å²) in [4.78, 5) is 0. The largest absolute Gasteiger partial charge is 0.388 e. The maximum atomic E-state index is 10.4. The van der Waals surface area contributed by atoms with Crippen LogP contribution in [0, 0.1) is 12.3 Å². The minimum Gasteiger partial charge on any atom is -0.388 e. The predicted octanol–water partition coefficient (Wildman–Crippen LogP) is 4.61. The van der Waals surface area contributed by atoms with Crippen molar-refractivity contribution in [3.05, 3.63) is 57.3 Å². The minimum atomic E-state index is -0.328. The summed E-state index contributed by atoms with van der Waals surface area (Å²) in [6, 6.07) is 10.6. The maximum Gasteiger partial charge on any atom is 0.0812 e. The van der Waals surface area contributed by atoms with E-state index in [1.807, 2.05) is 6.07 Å². The second-order valence-corrected chi connectivity index (χ2v) is 7.88. The van der Waals surface area contributed by atoms with E-state index in [1.165, 1.54) is 17.0 Å². The number of rotatable bonds is 2. The Morgan fingerprint density at radius 1 is 1.33 bits per heavy atom. The third kappa shape index (κ3) is 2.95. The number of halogens is 1. The molecule has 0 aliphatic heterocycles. The van der Waals surface area contributed by atoms with Crippen LogP contribution in [-0.2, 0) is 13.0 Å². The van der Waals surface area contributed by atoms with Gasteiger partial charge < -0.3 is 9.67 Å². The summed E-state index contributed by atoms with van der Waals surface area (Å²) in [6.45, 7) is 7.48. The summed E-state index contributed by atoms with van der Waals surface area (Å²) in [5.41, 5.74) is 5.10. The number of aromatic nitrogens is 1. The first-order valence-electron chi connectivity index (χ1n) is 7.47. The van der Waals surface area contributed by atoms with Crippen LogP contribution in [0.15, 0.2) is 34.8 Å². The number of hydrogen-bond donors (Lipinski definition) is 1. The lowest BCUT2D eigenvalue weighted by atomic mass is 9.75. The van der Waals surface area contributed by atoms with Gasteiger partial charge in [0.25, 0.3) is 0 Å². The molecule has 1 aromatic heterocycles. The van der Waals surface area contributed by atoms with E-state index in [1.54, 1.807) is 0 Å². The average Bonchev–Trinajstić information content (AvgIpc) is 2.66. The fourth-order valence-corrected chi connectivity index (χ4v) is 3.88. The smallest absolute Gasteiger partial charge is 0.0812 e. The van der Waals surface area contributed by atoms with E-state index in [0.717, 1.165) is 29.4 Å². The van der Waals surface area contributed by atoms with Gasteiger partial charge in [-0.2, -0.15) is 0 Å². The van der Waals surface area contributed by atoms with Crippen LogP contribution in [-0.4, -0.2) is 9.67 Å². The molecule has 0 saturated heterocycles. The number of nitrogens with zero attached hydrogens (tertiary/aromatic N) is 1. The molecule has 2 aromatic rings. The molecule has 1 atom stereocenters. The fraction of sp³-hybridized carbons (Fsp3) is 0.444. The molecule has 0 fully saturated rings. The Kier molecular flexibility index (Phi) is 3.74. The van der Waals surface area contributed by atoms with Crippen LogP contribution >= 0.6 is 15.9 Å². The molecule has 1 aliphatic rings. The Hall–Kier alpha value is -1.06. The van der Waals surface area contributed by atoms with Crippen molar-refractivity contribution < 1.29 is 5.11 Å². The molecule has 0 spiro atoms. The normalized spacial score (nSPS) is 20.3. The molecular formula is C18H22BrNO. The molecule has 3 rings (SSSR count). The zero-order valence-electron chi connectivity index (χ0n) is 12.9. The van der Waals surface area contributed by atoms with Crippen LogP contribution in [0.5, 0.6) is 0 Å². The van der Waals surface area contributed by atoms with E-state index >= 15 is 0 Å². The lowest BCUT2D eigenvalue weighted by Gasteiger charge is -2.34. The van der Waals surface area contributed by atoms with Gasteiger partial charge in [-0.1, -0.05) is 41.9 Å². The van der Waals surface area contributed by atoms with Crippen molar-refractivity contribution in [2.45, 2.75) is 46.3 Å². The molecule has 1 aliphatic carbocycles. The van der Waals surface area contributed by atoms with E-state index < -0.39 is 0 Å². The van der Waals surface area contributed by atoms with Crippen molar-refractivity contribution in [1.82, 2.24) is 4.57 Å². The van der Waals surface area contributed by atoms with Crippen molar-refractivity contribution in [1.29, 1.82) is 0 Å². The quantitative estimate of drug-likeness (QED) is 0.842. The summed E-state index contributed by atoms with van der Waals surface area (Å²) in [6.07, 6.45) is 1.55. The summed E-state index contributed by atoms with van der Waals surface area (Å²) in [7, 11) is 0.